The second kappa shape index (κ2) is 9.23. The lowest BCUT2D eigenvalue weighted by Crippen LogP contribution is -2.29. The number of carbonyl (C=O) groups is 1. The van der Waals surface area contributed by atoms with Crippen LogP contribution in [0.5, 0.6) is 11.5 Å². The number of methoxy groups -OCH3 is 1. The van der Waals surface area contributed by atoms with Gasteiger partial charge in [0.2, 0.25) is 0 Å². The zero-order valence-electron chi connectivity index (χ0n) is 13.3. The first-order valence-corrected chi connectivity index (χ1v) is 7.31. The van der Waals surface area contributed by atoms with Crippen molar-refractivity contribution in [3.05, 3.63) is 23.8 Å². The molecule has 1 rings (SSSR count). The van der Waals surface area contributed by atoms with E-state index in [-0.39, 0.29) is 5.97 Å². The van der Waals surface area contributed by atoms with E-state index in [1.54, 1.807) is 14.0 Å². The van der Waals surface area contributed by atoms with Gasteiger partial charge in [0.25, 0.3) is 0 Å². The van der Waals surface area contributed by atoms with Gasteiger partial charge in [-0.05, 0) is 38.6 Å². The molecule has 1 unspecified atom stereocenters. The average molecular weight is 295 g/mol. The Labute approximate surface area is 126 Å². The minimum Gasteiger partial charge on any atom is -0.497 e. The van der Waals surface area contributed by atoms with Crippen LogP contribution in [-0.4, -0.2) is 32.8 Å². The number of rotatable bonds is 9. The normalized spacial score (nSPS) is 11.8. The van der Waals surface area contributed by atoms with Gasteiger partial charge in [-0.2, -0.15) is 0 Å². The van der Waals surface area contributed by atoms with E-state index < -0.39 is 6.10 Å². The molecule has 1 aromatic carbocycles. The molecule has 0 saturated heterocycles. The number of carbonyl (C=O) groups excluding carboxylic acids is 1. The third kappa shape index (κ3) is 5.27. The van der Waals surface area contributed by atoms with Crippen molar-refractivity contribution in [1.82, 2.24) is 5.32 Å². The van der Waals surface area contributed by atoms with Crippen molar-refractivity contribution in [3.8, 4) is 11.5 Å². The Morgan fingerprint density at radius 1 is 1.33 bits per heavy atom. The van der Waals surface area contributed by atoms with Gasteiger partial charge in [0.15, 0.2) is 6.10 Å². The van der Waals surface area contributed by atoms with E-state index in [1.807, 2.05) is 32.2 Å². The summed E-state index contributed by atoms with van der Waals surface area (Å²) in [5.41, 5.74) is 0.947. The van der Waals surface area contributed by atoms with Gasteiger partial charge in [0.05, 0.1) is 13.7 Å². The molecule has 5 nitrogen and oxygen atoms in total. The highest BCUT2D eigenvalue weighted by atomic mass is 16.6. The summed E-state index contributed by atoms with van der Waals surface area (Å²) >= 11 is 0. The molecular weight excluding hydrogens is 270 g/mol. The highest BCUT2D eigenvalue weighted by molar-refractivity contribution is 5.75. The smallest absolute Gasteiger partial charge is 0.347 e. The zero-order valence-corrected chi connectivity index (χ0v) is 13.3. The molecule has 0 aromatic heterocycles. The van der Waals surface area contributed by atoms with Gasteiger partial charge in [-0.25, -0.2) is 4.79 Å². The summed E-state index contributed by atoms with van der Waals surface area (Å²) < 4.78 is 16.2. The Kier molecular flexibility index (Phi) is 7.61. The molecule has 5 heteroatoms. The van der Waals surface area contributed by atoms with Crippen LogP contribution in [0, 0.1) is 0 Å². The predicted octanol–water partition coefficient (Wildman–Crippen LogP) is 2.53. The van der Waals surface area contributed by atoms with Gasteiger partial charge in [-0.15, -0.1) is 0 Å². The van der Waals surface area contributed by atoms with Crippen LogP contribution < -0.4 is 14.8 Å². The van der Waals surface area contributed by atoms with Crippen molar-refractivity contribution >= 4 is 5.97 Å². The lowest BCUT2D eigenvalue weighted by Gasteiger charge is -2.19. The number of nitrogens with one attached hydrogen (secondary N) is 1. The quantitative estimate of drug-likeness (QED) is 0.709. The molecule has 0 aliphatic heterocycles. The molecule has 0 fully saturated rings. The van der Waals surface area contributed by atoms with Crippen LogP contribution in [0.4, 0.5) is 0 Å². The molecule has 0 bridgehead atoms. The molecule has 1 N–H and O–H groups in total. The first-order valence-electron chi connectivity index (χ1n) is 7.31. The van der Waals surface area contributed by atoms with E-state index in [0.717, 1.165) is 17.7 Å². The lowest BCUT2D eigenvalue weighted by molar-refractivity contribution is -0.151. The SMILES string of the molecule is CCCC(Oc1ccc(OC)cc1CNC)C(=O)OCC. The fourth-order valence-corrected chi connectivity index (χ4v) is 2.00. The molecule has 118 valence electrons. The minimum atomic E-state index is -0.570. The molecule has 0 amide bonds. The molecule has 0 aliphatic carbocycles. The Morgan fingerprint density at radius 3 is 2.67 bits per heavy atom. The number of hydrogen-bond acceptors (Lipinski definition) is 5. The van der Waals surface area contributed by atoms with Crippen LogP contribution in [0.25, 0.3) is 0 Å². The summed E-state index contributed by atoms with van der Waals surface area (Å²) in [7, 11) is 3.48. The second-order valence-electron chi connectivity index (χ2n) is 4.65. The summed E-state index contributed by atoms with van der Waals surface area (Å²) in [6.07, 6.45) is 0.907. The van der Waals surface area contributed by atoms with Gasteiger partial charge in [0.1, 0.15) is 11.5 Å². The Bertz CT molecular complexity index is 448. The van der Waals surface area contributed by atoms with E-state index >= 15 is 0 Å². The van der Waals surface area contributed by atoms with E-state index in [9.17, 15) is 4.79 Å². The van der Waals surface area contributed by atoms with Gasteiger partial charge >= 0.3 is 5.97 Å². The fraction of sp³-hybridized carbons (Fsp3) is 0.562. The highest BCUT2D eigenvalue weighted by Crippen LogP contribution is 2.26. The molecule has 1 aromatic rings. The zero-order chi connectivity index (χ0) is 15.7. The first kappa shape index (κ1) is 17.3. The molecule has 0 heterocycles. The summed E-state index contributed by atoms with van der Waals surface area (Å²) in [5, 5.41) is 3.08. The molecule has 0 radical (unpaired) electrons. The number of esters is 1. The molecule has 21 heavy (non-hydrogen) atoms. The fourth-order valence-electron chi connectivity index (χ4n) is 2.00. The summed E-state index contributed by atoms with van der Waals surface area (Å²) in [6, 6.07) is 5.55. The number of hydrogen-bond donors (Lipinski definition) is 1. The van der Waals surface area contributed by atoms with Gasteiger partial charge in [-0.3, -0.25) is 0 Å². The summed E-state index contributed by atoms with van der Waals surface area (Å²) in [4.78, 5) is 11.9. The van der Waals surface area contributed by atoms with Crippen molar-refractivity contribution in [2.75, 3.05) is 20.8 Å². The lowest BCUT2D eigenvalue weighted by atomic mass is 10.1. The highest BCUT2D eigenvalue weighted by Gasteiger charge is 2.22. The van der Waals surface area contributed by atoms with Crippen LogP contribution in [0.3, 0.4) is 0 Å². The maximum Gasteiger partial charge on any atom is 0.347 e. The summed E-state index contributed by atoms with van der Waals surface area (Å²) in [5.74, 6) is 1.12. The van der Waals surface area contributed by atoms with Gasteiger partial charge < -0.3 is 19.5 Å². The third-order valence-electron chi connectivity index (χ3n) is 3.00. The average Bonchev–Trinajstić information content (AvgIpc) is 2.48. The predicted molar refractivity (Wildman–Crippen MR) is 81.7 cm³/mol. The van der Waals surface area contributed by atoms with Gasteiger partial charge in [0, 0.05) is 12.1 Å². The second-order valence-corrected chi connectivity index (χ2v) is 4.65. The van der Waals surface area contributed by atoms with Crippen LogP contribution in [0.15, 0.2) is 18.2 Å². The van der Waals surface area contributed by atoms with Crippen molar-refractivity contribution in [2.45, 2.75) is 39.3 Å². The standard InChI is InChI=1S/C16H25NO4/c1-5-7-15(16(18)20-6-2)21-14-9-8-13(19-4)10-12(14)11-17-3/h8-10,15,17H,5-7,11H2,1-4H3. The van der Waals surface area contributed by atoms with Crippen LogP contribution in [0.1, 0.15) is 32.3 Å². The molecule has 0 spiro atoms. The molecule has 0 saturated carbocycles. The van der Waals surface area contributed by atoms with Crippen molar-refractivity contribution in [2.24, 2.45) is 0 Å². The molecule has 1 atom stereocenters. The Hall–Kier alpha value is -1.75. The largest absolute Gasteiger partial charge is 0.497 e. The monoisotopic (exact) mass is 295 g/mol. The number of ether oxygens (including phenoxy) is 3. The van der Waals surface area contributed by atoms with Gasteiger partial charge in [-0.1, -0.05) is 13.3 Å². The van der Waals surface area contributed by atoms with E-state index in [4.69, 9.17) is 14.2 Å². The van der Waals surface area contributed by atoms with E-state index in [1.165, 1.54) is 0 Å². The van der Waals surface area contributed by atoms with E-state index in [0.29, 0.717) is 25.3 Å². The summed E-state index contributed by atoms with van der Waals surface area (Å²) in [6.45, 7) is 4.79. The first-order chi connectivity index (χ1) is 10.2. The van der Waals surface area contributed by atoms with Crippen LogP contribution in [-0.2, 0) is 16.1 Å². The maximum atomic E-state index is 11.9. The third-order valence-corrected chi connectivity index (χ3v) is 3.00. The van der Waals surface area contributed by atoms with E-state index in [2.05, 4.69) is 5.32 Å². The maximum absolute atomic E-state index is 11.9. The van der Waals surface area contributed by atoms with Crippen molar-refractivity contribution in [1.29, 1.82) is 0 Å². The minimum absolute atomic E-state index is 0.314. The molecule has 0 aliphatic rings. The van der Waals surface area contributed by atoms with Crippen LogP contribution >= 0.6 is 0 Å². The Balaban J connectivity index is 2.93. The van der Waals surface area contributed by atoms with Crippen LogP contribution in [0.2, 0.25) is 0 Å². The Morgan fingerprint density at radius 2 is 2.10 bits per heavy atom. The van der Waals surface area contributed by atoms with Crippen molar-refractivity contribution < 1.29 is 19.0 Å². The topological polar surface area (TPSA) is 56.8 Å². The van der Waals surface area contributed by atoms with Crippen molar-refractivity contribution in [3.63, 3.8) is 0 Å². The molecular formula is C16H25NO4. The number of benzene rings is 1.